The molecular weight excluding hydrogens is 386 g/mol. The predicted octanol–water partition coefficient (Wildman–Crippen LogP) is 4.30. The minimum absolute atomic E-state index is 0.207. The SMILES string of the molecule is N#CN(C(=N)Oc1ccccc1)c1ccc(N2CCN(C3CC4CCC3C4)CC2)cc1. The molecule has 31 heavy (non-hydrogen) atoms. The molecule has 1 N–H and O–H groups in total. The van der Waals surface area contributed by atoms with Gasteiger partial charge in [0.1, 0.15) is 5.75 Å². The number of amidine groups is 1. The molecule has 2 aromatic rings. The van der Waals surface area contributed by atoms with E-state index in [9.17, 15) is 5.26 Å². The highest BCUT2D eigenvalue weighted by Gasteiger charge is 2.42. The molecule has 2 bridgehead atoms. The molecule has 0 amide bonds. The smallest absolute Gasteiger partial charge is 0.308 e. The number of para-hydroxylation sites is 1. The molecule has 2 aromatic carbocycles. The number of ether oxygens (including phenoxy) is 1. The predicted molar refractivity (Wildman–Crippen MR) is 122 cm³/mol. The van der Waals surface area contributed by atoms with E-state index in [0.29, 0.717) is 11.4 Å². The van der Waals surface area contributed by atoms with Crippen LogP contribution in [0, 0.1) is 28.7 Å². The van der Waals surface area contributed by atoms with Crippen molar-refractivity contribution in [3.8, 4) is 11.9 Å². The number of piperazine rings is 1. The van der Waals surface area contributed by atoms with E-state index in [4.69, 9.17) is 10.1 Å². The number of hydrogen-bond donors (Lipinski definition) is 1. The lowest BCUT2D eigenvalue weighted by atomic mass is 9.93. The van der Waals surface area contributed by atoms with Crippen molar-refractivity contribution in [3.63, 3.8) is 0 Å². The van der Waals surface area contributed by atoms with Gasteiger partial charge in [-0.25, -0.2) is 5.41 Å². The summed E-state index contributed by atoms with van der Waals surface area (Å²) in [4.78, 5) is 6.36. The summed E-state index contributed by atoms with van der Waals surface area (Å²) in [6.07, 6.45) is 7.83. The second-order valence-corrected chi connectivity index (χ2v) is 8.94. The molecule has 5 rings (SSSR count). The van der Waals surface area contributed by atoms with Crippen molar-refractivity contribution in [1.82, 2.24) is 4.90 Å². The Morgan fingerprint density at radius 1 is 0.968 bits per heavy atom. The Labute approximate surface area is 184 Å². The van der Waals surface area contributed by atoms with Crippen LogP contribution < -0.4 is 14.5 Å². The number of nitriles is 1. The lowest BCUT2D eigenvalue weighted by molar-refractivity contribution is 0.135. The zero-order chi connectivity index (χ0) is 21.2. The Kier molecular flexibility index (Phi) is 5.52. The summed E-state index contributed by atoms with van der Waals surface area (Å²) in [6, 6.07) is 17.6. The molecule has 1 aliphatic heterocycles. The molecule has 1 heterocycles. The molecule has 2 saturated carbocycles. The number of nitrogens with one attached hydrogen (secondary N) is 1. The number of anilines is 2. The summed E-state index contributed by atoms with van der Waals surface area (Å²) in [5.74, 6) is 2.48. The summed E-state index contributed by atoms with van der Waals surface area (Å²) < 4.78 is 5.52. The van der Waals surface area contributed by atoms with Crippen LogP contribution in [0.4, 0.5) is 11.4 Å². The zero-order valence-corrected chi connectivity index (χ0v) is 17.8. The lowest BCUT2D eigenvalue weighted by Crippen LogP contribution is -2.51. The van der Waals surface area contributed by atoms with Gasteiger partial charge in [-0.15, -0.1) is 0 Å². The van der Waals surface area contributed by atoms with E-state index < -0.39 is 0 Å². The monoisotopic (exact) mass is 415 g/mol. The third kappa shape index (κ3) is 4.11. The first-order valence-corrected chi connectivity index (χ1v) is 11.3. The third-order valence-corrected chi connectivity index (χ3v) is 7.22. The Bertz CT molecular complexity index is 946. The fraction of sp³-hybridized carbons (Fsp3) is 0.440. The molecular formula is C25H29N5O. The summed E-state index contributed by atoms with van der Waals surface area (Å²) >= 11 is 0. The van der Waals surface area contributed by atoms with Gasteiger partial charge in [0.15, 0.2) is 6.19 Å². The number of rotatable bonds is 4. The van der Waals surface area contributed by atoms with Gasteiger partial charge in [0.05, 0.1) is 5.69 Å². The molecule has 1 saturated heterocycles. The van der Waals surface area contributed by atoms with Gasteiger partial charge < -0.3 is 9.64 Å². The van der Waals surface area contributed by atoms with Gasteiger partial charge in [0, 0.05) is 37.9 Å². The van der Waals surface area contributed by atoms with Gasteiger partial charge in [0.25, 0.3) is 0 Å². The maximum Gasteiger partial charge on any atom is 0.308 e. The molecule has 3 aliphatic rings. The zero-order valence-electron chi connectivity index (χ0n) is 17.8. The molecule has 0 spiro atoms. The Hall–Kier alpha value is -3.04. The molecule has 6 heteroatoms. The van der Waals surface area contributed by atoms with E-state index in [2.05, 4.69) is 16.0 Å². The van der Waals surface area contributed by atoms with Gasteiger partial charge in [-0.1, -0.05) is 24.6 Å². The number of hydrogen-bond acceptors (Lipinski definition) is 5. The summed E-state index contributed by atoms with van der Waals surface area (Å²) in [5, 5.41) is 17.7. The van der Waals surface area contributed by atoms with Crippen molar-refractivity contribution < 1.29 is 4.74 Å². The normalized spacial score (nSPS) is 25.3. The number of nitrogens with zero attached hydrogens (tertiary/aromatic N) is 4. The number of benzene rings is 2. The van der Waals surface area contributed by atoms with E-state index in [-0.39, 0.29) is 6.02 Å². The average Bonchev–Trinajstić information content (AvgIpc) is 3.45. The second kappa shape index (κ2) is 8.60. The maximum atomic E-state index is 9.56. The second-order valence-electron chi connectivity index (χ2n) is 8.94. The van der Waals surface area contributed by atoms with Crippen LogP contribution in [0.2, 0.25) is 0 Å². The van der Waals surface area contributed by atoms with Crippen molar-refractivity contribution in [1.29, 1.82) is 10.7 Å². The minimum atomic E-state index is -0.207. The van der Waals surface area contributed by atoms with Gasteiger partial charge in [-0.05, 0) is 67.5 Å². The van der Waals surface area contributed by atoms with Crippen molar-refractivity contribution in [2.24, 2.45) is 11.8 Å². The van der Waals surface area contributed by atoms with Crippen molar-refractivity contribution in [2.75, 3.05) is 36.0 Å². The van der Waals surface area contributed by atoms with E-state index >= 15 is 0 Å². The highest BCUT2D eigenvalue weighted by atomic mass is 16.5. The fourth-order valence-corrected chi connectivity index (χ4v) is 5.65. The first-order valence-electron chi connectivity index (χ1n) is 11.3. The van der Waals surface area contributed by atoms with Crippen LogP contribution in [-0.2, 0) is 0 Å². The van der Waals surface area contributed by atoms with E-state index in [0.717, 1.165) is 44.1 Å². The Morgan fingerprint density at radius 3 is 2.32 bits per heavy atom. The van der Waals surface area contributed by atoms with Crippen LogP contribution in [0.25, 0.3) is 0 Å². The Morgan fingerprint density at radius 2 is 1.71 bits per heavy atom. The topological polar surface area (TPSA) is 66.6 Å². The third-order valence-electron chi connectivity index (χ3n) is 7.22. The summed E-state index contributed by atoms with van der Waals surface area (Å²) in [6.45, 7) is 4.36. The van der Waals surface area contributed by atoms with Crippen LogP contribution in [0.1, 0.15) is 25.7 Å². The van der Waals surface area contributed by atoms with Crippen molar-refractivity contribution in [2.45, 2.75) is 31.7 Å². The highest BCUT2D eigenvalue weighted by molar-refractivity contribution is 5.93. The quantitative estimate of drug-likeness (QED) is 0.349. The summed E-state index contributed by atoms with van der Waals surface area (Å²) in [5.41, 5.74) is 1.80. The summed E-state index contributed by atoms with van der Waals surface area (Å²) in [7, 11) is 0. The first kappa shape index (κ1) is 19.9. The lowest BCUT2D eigenvalue weighted by Gasteiger charge is -2.41. The largest absolute Gasteiger partial charge is 0.425 e. The molecule has 6 nitrogen and oxygen atoms in total. The van der Waals surface area contributed by atoms with Crippen LogP contribution in [-0.4, -0.2) is 43.1 Å². The fourth-order valence-electron chi connectivity index (χ4n) is 5.65. The van der Waals surface area contributed by atoms with E-state index in [1.54, 1.807) is 12.1 Å². The molecule has 0 aromatic heterocycles. The van der Waals surface area contributed by atoms with E-state index in [1.165, 1.54) is 36.3 Å². The molecule has 3 fully saturated rings. The molecule has 160 valence electrons. The number of fused-ring (bicyclic) bond motifs is 2. The first-order chi connectivity index (χ1) is 15.2. The van der Waals surface area contributed by atoms with Crippen LogP contribution in [0.5, 0.6) is 5.75 Å². The molecule has 0 radical (unpaired) electrons. The average molecular weight is 416 g/mol. The van der Waals surface area contributed by atoms with Gasteiger partial charge >= 0.3 is 6.02 Å². The molecule has 2 aliphatic carbocycles. The minimum Gasteiger partial charge on any atom is -0.425 e. The molecule has 3 atom stereocenters. The van der Waals surface area contributed by atoms with Crippen LogP contribution >= 0.6 is 0 Å². The Balaban J connectivity index is 1.19. The molecule has 3 unspecified atom stereocenters. The standard InChI is InChI=1S/C25H29N5O/c26-18-30(25(27)31-23-4-2-1-3-5-23)22-10-8-21(9-11-22)28-12-14-29(15-13-28)24-17-19-6-7-20(24)16-19/h1-5,8-11,19-20,24,27H,6-7,12-17H2. The maximum absolute atomic E-state index is 9.56. The van der Waals surface area contributed by atoms with Gasteiger partial charge in [0.2, 0.25) is 0 Å². The van der Waals surface area contributed by atoms with Crippen molar-refractivity contribution in [3.05, 3.63) is 54.6 Å². The van der Waals surface area contributed by atoms with Gasteiger partial charge in [-0.3, -0.25) is 4.90 Å². The van der Waals surface area contributed by atoms with Crippen LogP contribution in [0.3, 0.4) is 0 Å². The van der Waals surface area contributed by atoms with E-state index in [1.807, 2.05) is 42.5 Å². The van der Waals surface area contributed by atoms with Crippen LogP contribution in [0.15, 0.2) is 54.6 Å². The highest BCUT2D eigenvalue weighted by Crippen LogP contribution is 2.46. The van der Waals surface area contributed by atoms with Crippen molar-refractivity contribution >= 4 is 17.4 Å². The van der Waals surface area contributed by atoms with Gasteiger partial charge in [-0.2, -0.15) is 10.2 Å².